The fourth-order valence-electron chi connectivity index (χ4n) is 1.54. The Bertz CT molecular complexity index is 544. The first-order valence-electron chi connectivity index (χ1n) is 6.61. The van der Waals surface area contributed by atoms with Gasteiger partial charge in [-0.2, -0.15) is 0 Å². The number of nitrogens with two attached hydrogens (primary N) is 1. The lowest BCUT2D eigenvalue weighted by Crippen LogP contribution is -2.37. The fraction of sp³-hybridized carbons (Fsp3) is 0.462. The molecule has 0 fully saturated rings. The molecule has 4 N–H and O–H groups in total. The van der Waals surface area contributed by atoms with Crippen LogP contribution in [0, 0.1) is 0 Å². The Morgan fingerprint density at radius 2 is 1.81 bits per heavy atom. The highest BCUT2D eigenvalue weighted by atomic mass is 127. The molecule has 0 aliphatic carbocycles. The zero-order valence-electron chi connectivity index (χ0n) is 12.3. The lowest BCUT2D eigenvalue weighted by Gasteiger charge is -2.10. The lowest BCUT2D eigenvalue weighted by molar-refractivity contribution is 0.598. The van der Waals surface area contributed by atoms with Crippen LogP contribution in [0.25, 0.3) is 0 Å². The van der Waals surface area contributed by atoms with Gasteiger partial charge in [0.1, 0.15) is 0 Å². The van der Waals surface area contributed by atoms with Gasteiger partial charge in [0.15, 0.2) is 5.96 Å². The molecule has 0 heterocycles. The minimum atomic E-state index is -3.63. The van der Waals surface area contributed by atoms with E-state index in [-0.39, 0.29) is 28.9 Å². The summed E-state index contributed by atoms with van der Waals surface area (Å²) in [5.41, 5.74) is 0.922. The lowest BCUT2D eigenvalue weighted by atomic mass is 10.2. The average Bonchev–Trinajstić information content (AvgIpc) is 2.41. The summed E-state index contributed by atoms with van der Waals surface area (Å²) in [6, 6.07) is 6.42. The van der Waals surface area contributed by atoms with Crippen LogP contribution in [0.15, 0.2) is 34.2 Å². The van der Waals surface area contributed by atoms with Gasteiger partial charge in [-0.15, -0.1) is 24.0 Å². The number of benzene rings is 1. The topological polar surface area (TPSA) is 96.6 Å². The third-order valence-electron chi connectivity index (χ3n) is 2.56. The molecule has 0 saturated carbocycles. The molecule has 0 aliphatic heterocycles. The number of aliphatic imine (C=N–C) groups is 1. The number of primary sulfonamides is 1. The summed E-state index contributed by atoms with van der Waals surface area (Å²) in [6.45, 7) is 6.21. The molecule has 1 rings (SSSR count). The number of sulfonamides is 1. The Morgan fingerprint density at radius 3 is 2.29 bits per heavy atom. The van der Waals surface area contributed by atoms with Crippen molar-refractivity contribution in [3.05, 3.63) is 29.8 Å². The molecule has 1 aromatic rings. The van der Waals surface area contributed by atoms with Crippen LogP contribution in [0.4, 0.5) is 0 Å². The molecule has 6 nitrogen and oxygen atoms in total. The van der Waals surface area contributed by atoms with Gasteiger partial charge in [0.2, 0.25) is 10.0 Å². The smallest absolute Gasteiger partial charge is 0.238 e. The first-order chi connectivity index (χ1) is 9.47. The van der Waals surface area contributed by atoms with Gasteiger partial charge in [0.05, 0.1) is 11.4 Å². The molecule has 0 aliphatic rings. The van der Waals surface area contributed by atoms with Crippen molar-refractivity contribution in [2.75, 3.05) is 13.1 Å². The number of hydrogen-bond donors (Lipinski definition) is 3. The van der Waals surface area contributed by atoms with Crippen LogP contribution in [-0.4, -0.2) is 27.5 Å². The van der Waals surface area contributed by atoms with Gasteiger partial charge in [-0.25, -0.2) is 18.5 Å². The van der Waals surface area contributed by atoms with Crippen LogP contribution in [0.5, 0.6) is 0 Å². The molecule has 0 atom stereocenters. The second kappa shape index (κ2) is 9.96. The van der Waals surface area contributed by atoms with Crippen LogP contribution in [0.1, 0.15) is 25.8 Å². The van der Waals surface area contributed by atoms with Crippen LogP contribution >= 0.6 is 24.0 Å². The number of nitrogens with zero attached hydrogens (tertiary/aromatic N) is 1. The Hall–Kier alpha value is -0.870. The Morgan fingerprint density at radius 1 is 1.19 bits per heavy atom. The van der Waals surface area contributed by atoms with Gasteiger partial charge in [-0.1, -0.05) is 19.1 Å². The molecule has 0 aromatic heterocycles. The summed E-state index contributed by atoms with van der Waals surface area (Å²) in [6.07, 6.45) is 1.02. The standard InChI is InChI=1S/C13H22N4O2S.HI/c1-3-9-16-13(15-4-2)17-10-11-5-7-12(8-6-11)20(14,18)19;/h5-8H,3-4,9-10H2,1-2H3,(H2,14,18,19)(H2,15,16,17);1H. The molecule has 0 bridgehead atoms. The van der Waals surface area contributed by atoms with Crippen molar-refractivity contribution >= 4 is 40.0 Å². The highest BCUT2D eigenvalue weighted by Crippen LogP contribution is 2.09. The van der Waals surface area contributed by atoms with Gasteiger partial charge < -0.3 is 10.6 Å². The first-order valence-corrected chi connectivity index (χ1v) is 8.16. The maximum atomic E-state index is 11.1. The van der Waals surface area contributed by atoms with Gasteiger partial charge in [-0.3, -0.25) is 0 Å². The van der Waals surface area contributed by atoms with Crippen molar-refractivity contribution in [1.29, 1.82) is 0 Å². The summed E-state index contributed by atoms with van der Waals surface area (Å²) in [7, 11) is -3.63. The average molecular weight is 426 g/mol. The number of rotatable bonds is 6. The molecule has 0 radical (unpaired) electrons. The second-order valence-corrected chi connectivity index (χ2v) is 5.87. The fourth-order valence-corrected chi connectivity index (χ4v) is 2.06. The maximum Gasteiger partial charge on any atom is 0.238 e. The zero-order chi connectivity index (χ0) is 15.0. The van der Waals surface area contributed by atoms with Crippen molar-refractivity contribution in [2.45, 2.75) is 31.7 Å². The third-order valence-corrected chi connectivity index (χ3v) is 3.49. The molecular formula is C13H23IN4O2S. The van der Waals surface area contributed by atoms with E-state index >= 15 is 0 Å². The van der Waals surface area contributed by atoms with Crippen molar-refractivity contribution < 1.29 is 8.42 Å². The summed E-state index contributed by atoms with van der Waals surface area (Å²) in [4.78, 5) is 4.54. The van der Waals surface area contributed by atoms with E-state index in [1.54, 1.807) is 12.1 Å². The van der Waals surface area contributed by atoms with E-state index in [1.807, 2.05) is 6.92 Å². The van der Waals surface area contributed by atoms with Crippen molar-refractivity contribution in [3.63, 3.8) is 0 Å². The minimum Gasteiger partial charge on any atom is -0.357 e. The van der Waals surface area contributed by atoms with E-state index in [0.29, 0.717) is 6.54 Å². The minimum absolute atomic E-state index is 0. The van der Waals surface area contributed by atoms with Crippen LogP contribution in [-0.2, 0) is 16.6 Å². The summed E-state index contributed by atoms with van der Waals surface area (Å²) in [5.74, 6) is 0.755. The summed E-state index contributed by atoms with van der Waals surface area (Å²) >= 11 is 0. The molecule has 0 amide bonds. The SMILES string of the molecule is CCCNC(=NCc1ccc(S(N)(=O)=O)cc1)NCC.I. The maximum absolute atomic E-state index is 11.1. The third kappa shape index (κ3) is 7.63. The zero-order valence-corrected chi connectivity index (χ0v) is 15.4. The Labute approximate surface area is 143 Å². The van der Waals surface area contributed by atoms with Crippen molar-refractivity contribution in [2.24, 2.45) is 10.1 Å². The largest absolute Gasteiger partial charge is 0.357 e. The molecule has 8 heteroatoms. The van der Waals surface area contributed by atoms with E-state index < -0.39 is 10.0 Å². The van der Waals surface area contributed by atoms with Gasteiger partial charge in [0, 0.05) is 13.1 Å². The highest BCUT2D eigenvalue weighted by molar-refractivity contribution is 14.0. The first kappa shape index (κ1) is 20.1. The van der Waals surface area contributed by atoms with Crippen molar-refractivity contribution in [3.8, 4) is 0 Å². The van der Waals surface area contributed by atoms with Crippen LogP contribution in [0.3, 0.4) is 0 Å². The Balaban J connectivity index is 0.00000400. The number of guanidine groups is 1. The summed E-state index contributed by atoms with van der Waals surface area (Å²) in [5, 5.41) is 11.4. The van der Waals surface area contributed by atoms with E-state index in [2.05, 4.69) is 22.5 Å². The molecule has 120 valence electrons. The second-order valence-electron chi connectivity index (χ2n) is 4.31. The molecule has 0 spiro atoms. The molecule has 0 saturated heterocycles. The van der Waals surface area contributed by atoms with E-state index in [1.165, 1.54) is 12.1 Å². The number of halogens is 1. The van der Waals surface area contributed by atoms with Crippen molar-refractivity contribution in [1.82, 2.24) is 10.6 Å². The highest BCUT2D eigenvalue weighted by Gasteiger charge is 2.06. The quantitative estimate of drug-likeness (QED) is 0.364. The van der Waals surface area contributed by atoms with E-state index in [4.69, 9.17) is 5.14 Å². The van der Waals surface area contributed by atoms with Gasteiger partial charge in [0.25, 0.3) is 0 Å². The molecule has 0 unspecified atom stereocenters. The normalized spacial score (nSPS) is 11.7. The van der Waals surface area contributed by atoms with E-state index in [9.17, 15) is 8.42 Å². The predicted molar refractivity (Wildman–Crippen MR) is 96.3 cm³/mol. The Kier molecular flexibility index (Phi) is 9.54. The van der Waals surface area contributed by atoms with Crippen LogP contribution < -0.4 is 15.8 Å². The van der Waals surface area contributed by atoms with E-state index in [0.717, 1.165) is 31.0 Å². The molecular weight excluding hydrogens is 403 g/mol. The number of nitrogens with one attached hydrogen (secondary N) is 2. The number of hydrogen-bond acceptors (Lipinski definition) is 3. The summed E-state index contributed by atoms with van der Waals surface area (Å²) < 4.78 is 22.3. The predicted octanol–water partition coefficient (Wildman–Crippen LogP) is 1.42. The molecule has 1 aromatic carbocycles. The monoisotopic (exact) mass is 426 g/mol. The van der Waals surface area contributed by atoms with Crippen LogP contribution in [0.2, 0.25) is 0 Å². The van der Waals surface area contributed by atoms with Gasteiger partial charge >= 0.3 is 0 Å². The molecule has 21 heavy (non-hydrogen) atoms. The van der Waals surface area contributed by atoms with Gasteiger partial charge in [-0.05, 0) is 31.0 Å².